The molecule has 2 aromatic carbocycles. The molecule has 0 saturated carbocycles. The van der Waals surface area contributed by atoms with Crippen LogP contribution >= 0.6 is 0 Å². The van der Waals surface area contributed by atoms with E-state index in [0.29, 0.717) is 16.9 Å². The van der Waals surface area contributed by atoms with E-state index in [4.69, 9.17) is 0 Å². The molecule has 0 aliphatic rings. The Kier molecular flexibility index (Phi) is 5.50. The smallest absolute Gasteiger partial charge is 0.296 e. The molecule has 0 saturated heterocycles. The van der Waals surface area contributed by atoms with E-state index in [1.807, 2.05) is 13.0 Å². The highest BCUT2D eigenvalue weighted by molar-refractivity contribution is 6.45. The lowest BCUT2D eigenvalue weighted by molar-refractivity contribution is -0.132. The number of nitrogens with one attached hydrogen (secondary N) is 1. The molecule has 2 N–H and O–H groups in total. The van der Waals surface area contributed by atoms with Crippen molar-refractivity contribution in [1.82, 2.24) is 9.36 Å². The SMILES string of the molecule is Cc1ccc(/C(O)=C/C(=O)C(=O)Nc2c(C)n(C)n(-c3ccccc3)c2=O)cc1. The minimum Gasteiger partial charge on any atom is -0.507 e. The van der Waals surface area contributed by atoms with Gasteiger partial charge in [-0.05, 0) is 26.0 Å². The van der Waals surface area contributed by atoms with Crippen molar-refractivity contribution < 1.29 is 14.7 Å². The third-order valence-corrected chi connectivity index (χ3v) is 4.63. The second-order valence-electron chi connectivity index (χ2n) is 6.65. The maximum atomic E-state index is 12.8. The lowest BCUT2D eigenvalue weighted by atomic mass is 10.1. The van der Waals surface area contributed by atoms with Crippen LogP contribution in [-0.2, 0) is 16.6 Å². The van der Waals surface area contributed by atoms with Gasteiger partial charge in [-0.2, -0.15) is 0 Å². The predicted octanol–water partition coefficient (Wildman–Crippen LogP) is 2.90. The lowest BCUT2D eigenvalue weighted by Crippen LogP contribution is -2.26. The zero-order valence-electron chi connectivity index (χ0n) is 16.3. The number of hydrogen-bond acceptors (Lipinski definition) is 4. The van der Waals surface area contributed by atoms with Crippen molar-refractivity contribution in [2.45, 2.75) is 13.8 Å². The summed E-state index contributed by atoms with van der Waals surface area (Å²) in [5.41, 5.74) is 2.10. The summed E-state index contributed by atoms with van der Waals surface area (Å²) in [7, 11) is 1.68. The van der Waals surface area contributed by atoms with E-state index in [9.17, 15) is 19.5 Å². The first kappa shape index (κ1) is 19.9. The lowest BCUT2D eigenvalue weighted by Gasteiger charge is -2.07. The number of nitrogens with zero attached hydrogens (tertiary/aromatic N) is 2. The Labute approximate surface area is 167 Å². The van der Waals surface area contributed by atoms with Gasteiger partial charge in [-0.25, -0.2) is 4.68 Å². The van der Waals surface area contributed by atoms with Gasteiger partial charge in [-0.3, -0.25) is 19.1 Å². The van der Waals surface area contributed by atoms with E-state index in [0.717, 1.165) is 11.6 Å². The number of hydrogen-bond donors (Lipinski definition) is 2. The molecule has 1 amide bonds. The van der Waals surface area contributed by atoms with Crippen LogP contribution in [0.15, 0.2) is 65.5 Å². The van der Waals surface area contributed by atoms with Crippen molar-refractivity contribution >= 4 is 23.1 Å². The number of ketones is 1. The highest BCUT2D eigenvalue weighted by Crippen LogP contribution is 2.15. The third kappa shape index (κ3) is 4.03. The van der Waals surface area contributed by atoms with Gasteiger partial charge in [0.15, 0.2) is 0 Å². The van der Waals surface area contributed by atoms with Crippen LogP contribution in [0.2, 0.25) is 0 Å². The first-order valence-electron chi connectivity index (χ1n) is 8.96. The van der Waals surface area contributed by atoms with Gasteiger partial charge in [0.25, 0.3) is 11.5 Å². The number of carbonyl (C=O) groups excluding carboxylic acids is 2. The van der Waals surface area contributed by atoms with E-state index in [1.54, 1.807) is 67.2 Å². The van der Waals surface area contributed by atoms with Crippen LogP contribution < -0.4 is 10.9 Å². The molecule has 7 heteroatoms. The minimum atomic E-state index is -1.00. The van der Waals surface area contributed by atoms with Gasteiger partial charge in [0.05, 0.1) is 11.4 Å². The van der Waals surface area contributed by atoms with Crippen LogP contribution in [0.5, 0.6) is 0 Å². The number of aliphatic hydroxyl groups is 1. The van der Waals surface area contributed by atoms with Crippen LogP contribution in [0.25, 0.3) is 11.4 Å². The Morgan fingerprint density at radius 3 is 2.24 bits per heavy atom. The molecule has 3 aromatic rings. The summed E-state index contributed by atoms with van der Waals surface area (Å²) in [6, 6.07) is 15.8. The Balaban J connectivity index is 1.86. The first-order chi connectivity index (χ1) is 13.8. The maximum Gasteiger partial charge on any atom is 0.296 e. The van der Waals surface area contributed by atoms with Gasteiger partial charge < -0.3 is 10.4 Å². The normalized spacial score (nSPS) is 11.3. The Bertz CT molecular complexity index is 1150. The standard InChI is InChI=1S/C22H21N3O4/c1-14-9-11-16(12-10-14)18(26)13-19(27)21(28)23-20-15(2)24(3)25(22(20)29)17-7-5-4-6-8-17/h4-13,26H,1-3H3,(H,23,28)/b18-13-. The fourth-order valence-electron chi connectivity index (χ4n) is 2.88. The van der Waals surface area contributed by atoms with Gasteiger partial charge in [-0.15, -0.1) is 0 Å². The summed E-state index contributed by atoms with van der Waals surface area (Å²) in [5, 5.41) is 12.5. The number of rotatable bonds is 5. The van der Waals surface area contributed by atoms with Gasteiger partial charge in [0.2, 0.25) is 5.78 Å². The van der Waals surface area contributed by atoms with E-state index in [1.165, 1.54) is 4.68 Å². The second-order valence-corrected chi connectivity index (χ2v) is 6.65. The molecular weight excluding hydrogens is 370 g/mol. The van der Waals surface area contributed by atoms with E-state index in [-0.39, 0.29) is 11.4 Å². The van der Waals surface area contributed by atoms with Crippen LogP contribution in [0, 0.1) is 13.8 Å². The minimum absolute atomic E-state index is 0.0120. The van der Waals surface area contributed by atoms with Crippen molar-refractivity contribution in [1.29, 1.82) is 0 Å². The quantitative estimate of drug-likeness (QED) is 0.397. The number of aliphatic hydroxyl groups excluding tert-OH is 1. The molecule has 7 nitrogen and oxygen atoms in total. The third-order valence-electron chi connectivity index (χ3n) is 4.63. The Morgan fingerprint density at radius 1 is 1.00 bits per heavy atom. The molecule has 29 heavy (non-hydrogen) atoms. The van der Waals surface area contributed by atoms with Gasteiger partial charge in [0.1, 0.15) is 11.4 Å². The molecule has 3 rings (SSSR count). The number of benzene rings is 2. The van der Waals surface area contributed by atoms with Crippen molar-refractivity contribution in [2.24, 2.45) is 7.05 Å². The Hall–Kier alpha value is -3.87. The van der Waals surface area contributed by atoms with Crippen molar-refractivity contribution in [3.8, 4) is 5.69 Å². The van der Waals surface area contributed by atoms with E-state index < -0.39 is 17.2 Å². The average molecular weight is 391 g/mol. The summed E-state index contributed by atoms with van der Waals surface area (Å²) < 4.78 is 2.99. The summed E-state index contributed by atoms with van der Waals surface area (Å²) in [5.74, 6) is -2.29. The maximum absolute atomic E-state index is 12.8. The summed E-state index contributed by atoms with van der Waals surface area (Å²) in [6.07, 6.45) is 0.841. The molecular formula is C22H21N3O4. The topological polar surface area (TPSA) is 93.3 Å². The number of amides is 1. The highest BCUT2D eigenvalue weighted by atomic mass is 16.3. The van der Waals surface area contributed by atoms with Crippen molar-refractivity contribution in [3.05, 3.63) is 87.8 Å². The van der Waals surface area contributed by atoms with Crippen LogP contribution in [0.4, 0.5) is 5.69 Å². The average Bonchev–Trinajstić information content (AvgIpc) is 2.92. The summed E-state index contributed by atoms with van der Waals surface area (Å²) >= 11 is 0. The predicted molar refractivity (Wildman–Crippen MR) is 111 cm³/mol. The first-order valence-corrected chi connectivity index (χ1v) is 8.96. The zero-order chi connectivity index (χ0) is 21.1. The number of para-hydroxylation sites is 1. The largest absolute Gasteiger partial charge is 0.507 e. The molecule has 0 atom stereocenters. The fourth-order valence-corrected chi connectivity index (χ4v) is 2.88. The molecule has 0 fully saturated rings. The zero-order valence-corrected chi connectivity index (χ0v) is 16.3. The van der Waals surface area contributed by atoms with Gasteiger partial charge >= 0.3 is 0 Å². The molecule has 0 unspecified atom stereocenters. The fraction of sp³-hybridized carbons (Fsp3) is 0.136. The van der Waals surface area contributed by atoms with Crippen LogP contribution in [0.3, 0.4) is 0 Å². The summed E-state index contributed by atoms with van der Waals surface area (Å²) in [4.78, 5) is 37.3. The van der Waals surface area contributed by atoms with Gasteiger partial charge in [-0.1, -0.05) is 48.0 Å². The highest BCUT2D eigenvalue weighted by Gasteiger charge is 2.21. The molecule has 0 bridgehead atoms. The number of anilines is 1. The monoisotopic (exact) mass is 391 g/mol. The van der Waals surface area contributed by atoms with Crippen LogP contribution in [0.1, 0.15) is 16.8 Å². The molecule has 148 valence electrons. The molecule has 0 aliphatic carbocycles. The van der Waals surface area contributed by atoms with Gasteiger partial charge in [0, 0.05) is 18.7 Å². The Morgan fingerprint density at radius 2 is 1.62 bits per heavy atom. The molecule has 1 heterocycles. The number of aryl methyl sites for hydroxylation is 1. The van der Waals surface area contributed by atoms with Crippen molar-refractivity contribution in [2.75, 3.05) is 5.32 Å². The molecule has 1 aromatic heterocycles. The van der Waals surface area contributed by atoms with E-state index >= 15 is 0 Å². The number of carbonyl (C=O) groups is 2. The van der Waals surface area contributed by atoms with E-state index in [2.05, 4.69) is 5.32 Å². The van der Waals surface area contributed by atoms with Crippen molar-refractivity contribution in [3.63, 3.8) is 0 Å². The summed E-state index contributed by atoms with van der Waals surface area (Å²) in [6.45, 7) is 3.56. The van der Waals surface area contributed by atoms with Crippen LogP contribution in [-0.4, -0.2) is 26.2 Å². The molecule has 0 aliphatic heterocycles. The number of aromatic nitrogens is 2. The molecule has 0 radical (unpaired) electrons. The second kappa shape index (κ2) is 8.02. The molecule has 0 spiro atoms.